The molecule has 0 spiro atoms. The number of aliphatic hydroxyl groups is 2. The molecule has 14 atom stereocenters. The second-order valence-corrected chi connectivity index (χ2v) is 21.0. The largest absolute Gasteiger partial charge is 0.467 e. The van der Waals surface area contributed by atoms with Gasteiger partial charge in [-0.15, -0.1) is 0 Å². The minimum atomic E-state index is -1.70. The fraction of sp³-hybridized carbons (Fsp3) is 0.848. The Morgan fingerprint density at radius 3 is 2.02 bits per heavy atom. The number of esters is 5. The topological polar surface area (TPSA) is 190 Å². The van der Waals surface area contributed by atoms with E-state index in [1.54, 1.807) is 0 Å². The first-order valence-corrected chi connectivity index (χ1v) is 22.0. The van der Waals surface area contributed by atoms with Gasteiger partial charge in [-0.2, -0.15) is 0 Å². The summed E-state index contributed by atoms with van der Waals surface area (Å²) in [7, 11) is 1.12. The van der Waals surface area contributed by atoms with Crippen LogP contribution in [0.2, 0.25) is 0 Å². The van der Waals surface area contributed by atoms with E-state index in [1.807, 2.05) is 0 Å². The molecule has 60 heavy (non-hydrogen) atoms. The summed E-state index contributed by atoms with van der Waals surface area (Å²) in [5, 5.41) is 19.5. The van der Waals surface area contributed by atoms with E-state index in [1.165, 1.54) is 5.57 Å². The summed E-state index contributed by atoms with van der Waals surface area (Å²) in [6, 6.07) is 0. The lowest BCUT2D eigenvalue weighted by molar-refractivity contribution is -0.298. The molecule has 0 aromatic heterocycles. The van der Waals surface area contributed by atoms with Gasteiger partial charge in [0.2, 0.25) is 12.4 Å². The zero-order valence-electron chi connectivity index (χ0n) is 37.6. The Labute approximate surface area is 355 Å². The Morgan fingerprint density at radius 2 is 1.40 bits per heavy atom. The molecule has 0 bridgehead atoms. The first-order valence-electron chi connectivity index (χ1n) is 22.0. The summed E-state index contributed by atoms with van der Waals surface area (Å²) in [4.78, 5) is 65.6. The van der Waals surface area contributed by atoms with E-state index >= 15 is 4.79 Å². The molecule has 4 saturated carbocycles. The molecule has 14 heteroatoms. The van der Waals surface area contributed by atoms with Crippen molar-refractivity contribution in [3.05, 3.63) is 11.6 Å². The summed E-state index contributed by atoms with van der Waals surface area (Å²) in [5.41, 5.74) is -0.136. The van der Waals surface area contributed by atoms with Gasteiger partial charge in [0, 0.05) is 20.8 Å². The van der Waals surface area contributed by atoms with Crippen LogP contribution in [0.4, 0.5) is 0 Å². The molecule has 1 heterocycles. The zero-order valence-corrected chi connectivity index (χ0v) is 37.6. The number of fused-ring (bicyclic) bond motifs is 7. The minimum absolute atomic E-state index is 0.0227. The number of allylic oxidation sites excluding steroid dienone is 2. The van der Waals surface area contributed by atoms with Gasteiger partial charge in [0.15, 0.2) is 18.3 Å². The number of aliphatic hydroxyl groups excluding tert-OH is 2. The molecule has 6 rings (SSSR count). The van der Waals surface area contributed by atoms with E-state index < -0.39 is 72.1 Å². The number of rotatable bonds is 10. The number of carbonyl (C=O) groups is 5. The first-order chi connectivity index (χ1) is 27.9. The first kappa shape index (κ1) is 46.4. The van der Waals surface area contributed by atoms with E-state index in [0.29, 0.717) is 24.7 Å². The standard InChI is InChI=1S/C46H70O14/c1-25(48)56-34-35(57-26(2)49)37(58-27(3)50)39(59-36(34)38(52)54-11)60-40(53)46-20-18-41(4,5)22-30(46)29-12-13-32-43(8)16-15-33(55-24-28(51)23-47)42(6,7)31(43)14-17-45(32,10)44(29,9)19-21-46/h12,28,30-37,39,47,51H,13-24H2,1-11H3/t28?,30-,31-,32+,33-,34-,35-,36-,37+,39?,43-,44+,45+,46-/m0/s1. The highest BCUT2D eigenvalue weighted by atomic mass is 16.7. The highest BCUT2D eigenvalue weighted by molar-refractivity contribution is 5.80. The maximum Gasteiger partial charge on any atom is 0.339 e. The van der Waals surface area contributed by atoms with Crippen molar-refractivity contribution >= 4 is 29.8 Å². The van der Waals surface area contributed by atoms with E-state index in [2.05, 4.69) is 54.5 Å². The number of carbonyl (C=O) groups excluding carboxylic acids is 5. The molecule has 2 N–H and O–H groups in total. The van der Waals surface area contributed by atoms with Crippen LogP contribution < -0.4 is 0 Å². The minimum Gasteiger partial charge on any atom is -0.467 e. The Kier molecular flexibility index (Phi) is 12.8. The molecular formula is C46H70O14. The molecule has 1 saturated heterocycles. The summed E-state index contributed by atoms with van der Waals surface area (Å²) in [5.74, 6) is -3.33. The third-order valence-corrected chi connectivity index (χ3v) is 16.7. The summed E-state index contributed by atoms with van der Waals surface area (Å²) >= 11 is 0. The highest BCUT2D eigenvalue weighted by Gasteiger charge is 2.70. The summed E-state index contributed by atoms with van der Waals surface area (Å²) < 4.78 is 40.3. The van der Waals surface area contributed by atoms with Crippen LogP contribution in [0.3, 0.4) is 0 Å². The third kappa shape index (κ3) is 7.82. The van der Waals surface area contributed by atoms with Crippen LogP contribution in [0.5, 0.6) is 0 Å². The number of methoxy groups -OCH3 is 1. The normalized spacial score (nSPS) is 42.0. The maximum atomic E-state index is 15.2. The fourth-order valence-electron chi connectivity index (χ4n) is 13.6. The molecule has 1 aliphatic heterocycles. The van der Waals surface area contributed by atoms with E-state index in [4.69, 9.17) is 33.2 Å². The van der Waals surface area contributed by atoms with Crippen molar-refractivity contribution < 1.29 is 67.3 Å². The molecule has 5 aliphatic carbocycles. The predicted octanol–water partition coefficient (Wildman–Crippen LogP) is 5.76. The number of hydrogen-bond acceptors (Lipinski definition) is 14. The van der Waals surface area contributed by atoms with Crippen LogP contribution in [0.25, 0.3) is 0 Å². The van der Waals surface area contributed by atoms with Crippen LogP contribution in [-0.4, -0.2) is 103 Å². The number of hydrogen-bond donors (Lipinski definition) is 2. The van der Waals surface area contributed by atoms with Crippen LogP contribution in [0.1, 0.15) is 133 Å². The van der Waals surface area contributed by atoms with Gasteiger partial charge in [0.05, 0.1) is 31.8 Å². The van der Waals surface area contributed by atoms with Gasteiger partial charge in [-0.25, -0.2) is 4.79 Å². The van der Waals surface area contributed by atoms with Crippen molar-refractivity contribution in [1.82, 2.24) is 0 Å². The quantitative estimate of drug-likeness (QED) is 0.153. The molecular weight excluding hydrogens is 776 g/mol. The van der Waals surface area contributed by atoms with Crippen molar-refractivity contribution in [1.29, 1.82) is 0 Å². The van der Waals surface area contributed by atoms with Crippen LogP contribution in [0.15, 0.2) is 11.6 Å². The monoisotopic (exact) mass is 846 g/mol. The van der Waals surface area contributed by atoms with Crippen LogP contribution in [-0.2, 0) is 57.1 Å². The highest BCUT2D eigenvalue weighted by Crippen LogP contribution is 2.76. The molecule has 14 nitrogen and oxygen atoms in total. The Hall–Kier alpha value is -3.07. The van der Waals surface area contributed by atoms with Gasteiger partial charge in [0.25, 0.3) is 0 Å². The average molecular weight is 847 g/mol. The molecule has 0 radical (unpaired) electrons. The molecule has 0 aromatic rings. The van der Waals surface area contributed by atoms with Crippen molar-refractivity contribution in [2.75, 3.05) is 20.3 Å². The van der Waals surface area contributed by atoms with Crippen molar-refractivity contribution in [3.63, 3.8) is 0 Å². The second kappa shape index (κ2) is 16.6. The van der Waals surface area contributed by atoms with Crippen molar-refractivity contribution in [2.24, 2.45) is 50.2 Å². The molecule has 2 unspecified atom stereocenters. The Bertz CT molecular complexity index is 1720. The molecule has 0 amide bonds. The SMILES string of the molecule is COC(=O)[C@H]1OC(OC(=O)[C@]23CCC(C)(C)C[C@H]2C2=CC[C@@H]4[C@@]5(C)CC[C@H](OCC(O)CO)C(C)(C)[C@@H]5CC[C@@]4(C)[C@]2(C)CC3)[C@H](OC(C)=O)[C@@H](OC(C)=O)[C@@H]1OC(C)=O. The predicted molar refractivity (Wildman–Crippen MR) is 215 cm³/mol. The van der Waals surface area contributed by atoms with Gasteiger partial charge >= 0.3 is 29.8 Å². The summed E-state index contributed by atoms with van der Waals surface area (Å²) in [6.07, 6.45) is 1.62. The third-order valence-electron chi connectivity index (χ3n) is 16.7. The zero-order chi connectivity index (χ0) is 44.4. The van der Waals surface area contributed by atoms with Gasteiger partial charge < -0.3 is 43.4 Å². The fourth-order valence-corrected chi connectivity index (χ4v) is 13.6. The Morgan fingerprint density at radius 1 is 0.783 bits per heavy atom. The number of ether oxygens (including phenoxy) is 7. The van der Waals surface area contributed by atoms with E-state index in [9.17, 15) is 29.4 Å². The molecule has 5 fully saturated rings. The van der Waals surface area contributed by atoms with Gasteiger partial charge in [0.1, 0.15) is 6.10 Å². The lowest BCUT2D eigenvalue weighted by Gasteiger charge is -2.71. The molecule has 0 aromatic carbocycles. The van der Waals surface area contributed by atoms with E-state index in [0.717, 1.165) is 79.2 Å². The van der Waals surface area contributed by atoms with E-state index in [-0.39, 0.29) is 52.3 Å². The summed E-state index contributed by atoms with van der Waals surface area (Å²) in [6.45, 7) is 19.7. The van der Waals surface area contributed by atoms with Crippen LogP contribution in [0, 0.1) is 50.2 Å². The Balaban J connectivity index is 1.35. The lowest BCUT2D eigenvalue weighted by Crippen LogP contribution is -2.66. The molecule has 338 valence electrons. The lowest BCUT2D eigenvalue weighted by atomic mass is 9.33. The van der Waals surface area contributed by atoms with Gasteiger partial charge in [-0.3, -0.25) is 19.2 Å². The van der Waals surface area contributed by atoms with Gasteiger partial charge in [-0.1, -0.05) is 60.1 Å². The second-order valence-electron chi connectivity index (χ2n) is 21.0. The average Bonchev–Trinajstić information content (AvgIpc) is 3.15. The van der Waals surface area contributed by atoms with Crippen molar-refractivity contribution in [3.8, 4) is 0 Å². The maximum absolute atomic E-state index is 15.2. The smallest absolute Gasteiger partial charge is 0.339 e. The molecule has 6 aliphatic rings. The van der Waals surface area contributed by atoms with Gasteiger partial charge in [-0.05, 0) is 109 Å². The van der Waals surface area contributed by atoms with Crippen LogP contribution >= 0.6 is 0 Å². The van der Waals surface area contributed by atoms with Crippen molar-refractivity contribution in [2.45, 2.75) is 176 Å².